The van der Waals surface area contributed by atoms with Gasteiger partial charge >= 0.3 is 73.0 Å². The molecule has 0 saturated heterocycles. The van der Waals surface area contributed by atoms with Crippen LogP contribution in [0.4, 0.5) is 37.7 Å². The Morgan fingerprint density at radius 1 is 0.767 bits per heavy atom. The Kier molecular flexibility index (Phi) is 11.4. The maximum absolute atomic E-state index is 13.1. The summed E-state index contributed by atoms with van der Waals surface area (Å²) in [5.74, 6) is 0. The van der Waals surface area contributed by atoms with Crippen molar-refractivity contribution in [2.75, 3.05) is 0 Å². The molecular formula is C17H11Br4F6N2Ta-. The predicted molar refractivity (Wildman–Crippen MR) is 119 cm³/mol. The van der Waals surface area contributed by atoms with Gasteiger partial charge in [0.2, 0.25) is 0 Å². The zero-order valence-corrected chi connectivity index (χ0v) is 24.0. The standard InChI is InChI=1S/C17H11F6N2.4BrH.Ta/c18-16(19,20)14(24-12-7-3-1-4-8-12)11-15(17(21,22)23)25-13-9-5-2-6-10-13;;;;;/h1-11H;4*1H;/q-1;;;;;+4/p-4/b14-11-,25-15?;;;;;. The van der Waals surface area contributed by atoms with Gasteiger partial charge in [-0.3, -0.25) is 0 Å². The summed E-state index contributed by atoms with van der Waals surface area (Å²) in [6.45, 7) is 0. The molecule has 2 rings (SSSR count). The van der Waals surface area contributed by atoms with E-state index in [0.29, 0.717) is 0 Å². The number of alkyl halides is 6. The molecular weight excluding hydrogens is 847 g/mol. The predicted octanol–water partition coefficient (Wildman–Crippen LogP) is 9.85. The van der Waals surface area contributed by atoms with Crippen LogP contribution in [0.5, 0.6) is 0 Å². The molecule has 0 aliphatic rings. The molecule has 0 atom stereocenters. The molecule has 0 saturated carbocycles. The van der Waals surface area contributed by atoms with Crippen LogP contribution >= 0.6 is 52.1 Å². The Labute approximate surface area is 197 Å². The van der Waals surface area contributed by atoms with Gasteiger partial charge in [-0.05, 0) is 18.2 Å². The van der Waals surface area contributed by atoms with Crippen LogP contribution in [0.3, 0.4) is 0 Å². The quantitative estimate of drug-likeness (QED) is 0.217. The van der Waals surface area contributed by atoms with E-state index < -0.39 is 32.4 Å². The number of benzene rings is 2. The second-order valence-electron chi connectivity index (χ2n) is 5.19. The summed E-state index contributed by atoms with van der Waals surface area (Å²) in [5.41, 5.74) is -3.61. The van der Waals surface area contributed by atoms with E-state index in [1.54, 1.807) is 12.1 Å². The molecule has 30 heavy (non-hydrogen) atoms. The molecule has 0 amide bonds. The van der Waals surface area contributed by atoms with E-state index >= 15 is 0 Å². The van der Waals surface area contributed by atoms with Gasteiger partial charge in [0.05, 0.1) is 5.69 Å². The summed E-state index contributed by atoms with van der Waals surface area (Å²) in [7, 11) is -1.97. The Balaban J connectivity index is 0.000000804. The van der Waals surface area contributed by atoms with Gasteiger partial charge in [-0.1, -0.05) is 54.2 Å². The molecule has 0 aliphatic carbocycles. The van der Waals surface area contributed by atoms with Gasteiger partial charge in [0.1, 0.15) is 5.71 Å². The van der Waals surface area contributed by atoms with Crippen molar-refractivity contribution in [3.8, 4) is 0 Å². The average Bonchev–Trinajstić information content (AvgIpc) is 2.59. The molecule has 0 radical (unpaired) electrons. The van der Waals surface area contributed by atoms with E-state index in [9.17, 15) is 26.3 Å². The summed E-state index contributed by atoms with van der Waals surface area (Å²) in [6, 6.07) is 13.8. The van der Waals surface area contributed by atoms with Crippen molar-refractivity contribution in [3.05, 3.63) is 77.8 Å². The third kappa shape index (κ3) is 12.7. The van der Waals surface area contributed by atoms with Crippen molar-refractivity contribution in [1.82, 2.24) is 0 Å². The van der Waals surface area contributed by atoms with Gasteiger partial charge in [0.25, 0.3) is 0 Å². The number of aliphatic imine (C=N–C) groups is 1. The molecule has 0 N–H and O–H groups in total. The van der Waals surface area contributed by atoms with E-state index in [0.717, 1.165) is 0 Å². The van der Waals surface area contributed by atoms with Crippen LogP contribution in [0.25, 0.3) is 5.32 Å². The van der Waals surface area contributed by atoms with E-state index in [1.807, 2.05) is 0 Å². The van der Waals surface area contributed by atoms with Gasteiger partial charge in [0, 0.05) is 0 Å². The summed E-state index contributed by atoms with van der Waals surface area (Å²) >= 11 is 13.4. The summed E-state index contributed by atoms with van der Waals surface area (Å²) < 4.78 is 78.7. The molecule has 0 unspecified atom stereocenters. The molecule has 165 valence electrons. The fourth-order valence-electron chi connectivity index (χ4n) is 1.77. The Bertz CT molecular complexity index is 845. The van der Waals surface area contributed by atoms with E-state index in [-0.39, 0.29) is 17.5 Å². The molecule has 2 aromatic rings. The SMILES string of the molecule is FC(F)(F)C(/C=C(\[N-]c1ccccc1)C(F)(F)F)=Nc1ccccc1.[Br][Ta]([Br])([Br])[Br]. The normalized spacial score (nSPS) is 13.4. The summed E-state index contributed by atoms with van der Waals surface area (Å²) in [6.07, 6.45) is -10.2. The molecule has 0 bridgehead atoms. The Morgan fingerprint density at radius 2 is 1.20 bits per heavy atom. The van der Waals surface area contributed by atoms with Gasteiger partial charge < -0.3 is 5.32 Å². The number of rotatable bonds is 4. The molecule has 0 spiro atoms. The first-order valence-electron chi connectivity index (χ1n) is 7.60. The molecule has 0 aromatic heterocycles. The van der Waals surface area contributed by atoms with Gasteiger partial charge in [-0.25, -0.2) is 4.99 Å². The number of hydrogen-bond donors (Lipinski definition) is 0. The fraction of sp³-hybridized carbons (Fsp3) is 0.118. The summed E-state index contributed by atoms with van der Waals surface area (Å²) in [4.78, 5) is 3.28. The topological polar surface area (TPSA) is 26.5 Å². The van der Waals surface area contributed by atoms with Gasteiger partial charge in [-0.15, -0.1) is 5.69 Å². The minimum atomic E-state index is -5.07. The fourth-order valence-corrected chi connectivity index (χ4v) is 1.77. The van der Waals surface area contributed by atoms with Crippen LogP contribution in [-0.4, -0.2) is 18.1 Å². The number of para-hydroxylation sites is 2. The molecule has 13 heteroatoms. The van der Waals surface area contributed by atoms with Crippen molar-refractivity contribution in [1.29, 1.82) is 0 Å². The monoisotopic (exact) mass is 854 g/mol. The number of halogens is 10. The second-order valence-corrected chi connectivity index (χ2v) is 89.5. The van der Waals surface area contributed by atoms with Crippen LogP contribution in [-0.2, 0) is 8.59 Å². The van der Waals surface area contributed by atoms with Crippen molar-refractivity contribution in [2.45, 2.75) is 12.4 Å². The Hall–Kier alpha value is -0.110. The second kappa shape index (κ2) is 12.2. The van der Waals surface area contributed by atoms with E-state index in [1.165, 1.54) is 48.5 Å². The van der Waals surface area contributed by atoms with Gasteiger partial charge in [-0.2, -0.15) is 26.3 Å². The van der Waals surface area contributed by atoms with E-state index in [4.69, 9.17) is 0 Å². The third-order valence-electron chi connectivity index (χ3n) is 2.87. The molecule has 2 aromatic carbocycles. The van der Waals surface area contributed by atoms with Crippen LogP contribution in [0, 0.1) is 0 Å². The first-order valence-corrected chi connectivity index (χ1v) is 35.7. The summed E-state index contributed by atoms with van der Waals surface area (Å²) in [5, 5.41) is 3.28. The van der Waals surface area contributed by atoms with Gasteiger partial charge in [0.15, 0.2) is 0 Å². The van der Waals surface area contributed by atoms with Crippen LogP contribution < -0.4 is 0 Å². The molecule has 0 heterocycles. The number of nitrogens with zero attached hydrogens (tertiary/aromatic N) is 2. The van der Waals surface area contributed by atoms with Crippen LogP contribution in [0.2, 0.25) is 0 Å². The number of allylic oxidation sites excluding steroid dienone is 2. The first-order chi connectivity index (χ1) is 13.7. The van der Waals surface area contributed by atoms with Crippen LogP contribution in [0.15, 0.2) is 77.4 Å². The van der Waals surface area contributed by atoms with Crippen molar-refractivity contribution in [3.63, 3.8) is 0 Å². The molecule has 2 nitrogen and oxygen atoms in total. The number of hydrogen-bond acceptors (Lipinski definition) is 1. The van der Waals surface area contributed by atoms with E-state index in [2.05, 4.69) is 62.4 Å². The maximum atomic E-state index is 13.1. The first kappa shape index (κ1) is 27.9. The average molecular weight is 858 g/mol. The van der Waals surface area contributed by atoms with Crippen molar-refractivity contribution in [2.24, 2.45) is 4.99 Å². The van der Waals surface area contributed by atoms with Crippen molar-refractivity contribution >= 4 is 69.2 Å². The Morgan fingerprint density at radius 3 is 1.60 bits per heavy atom. The third-order valence-corrected chi connectivity index (χ3v) is 2.87. The minimum absolute atomic E-state index is 0.0972. The molecule has 0 aliphatic heterocycles. The molecule has 0 fully saturated rings. The zero-order valence-electron chi connectivity index (χ0n) is 14.5. The van der Waals surface area contributed by atoms with Crippen LogP contribution in [0.1, 0.15) is 0 Å². The zero-order chi connectivity index (χ0) is 23.0. The van der Waals surface area contributed by atoms with Crippen molar-refractivity contribution < 1.29 is 34.9 Å².